The molecule has 1 aromatic rings. The zero-order valence-electron chi connectivity index (χ0n) is 12.3. The van der Waals surface area contributed by atoms with Gasteiger partial charge < -0.3 is 15.6 Å². The lowest BCUT2D eigenvalue weighted by Gasteiger charge is -2.39. The second-order valence-corrected chi connectivity index (χ2v) is 6.71. The molecule has 2 atom stereocenters. The van der Waals surface area contributed by atoms with Crippen molar-refractivity contribution in [2.24, 2.45) is 11.3 Å². The molecule has 2 unspecified atom stereocenters. The summed E-state index contributed by atoms with van der Waals surface area (Å²) in [6, 6.07) is 4.61. The third kappa shape index (κ3) is 3.44. The number of carboxylic acids is 1. The summed E-state index contributed by atoms with van der Waals surface area (Å²) in [6.45, 7) is 6.72. The SMILES string of the molecule is CC1CC(Oc2cc(C(=O)O)ccc2N)CC(C)(C)C1. The fourth-order valence-corrected chi connectivity index (χ4v) is 3.30. The monoisotopic (exact) mass is 277 g/mol. The average Bonchev–Trinajstić information content (AvgIpc) is 2.28. The lowest BCUT2D eigenvalue weighted by atomic mass is 9.71. The molecule has 4 heteroatoms. The number of carbonyl (C=O) groups is 1. The Kier molecular flexibility index (Phi) is 3.93. The first-order valence-electron chi connectivity index (χ1n) is 7.06. The molecule has 0 aliphatic heterocycles. The predicted molar refractivity (Wildman–Crippen MR) is 79.0 cm³/mol. The zero-order valence-corrected chi connectivity index (χ0v) is 12.3. The molecular formula is C16H23NO3. The van der Waals surface area contributed by atoms with E-state index < -0.39 is 5.97 Å². The van der Waals surface area contributed by atoms with E-state index in [0.717, 1.165) is 12.8 Å². The zero-order chi connectivity index (χ0) is 14.9. The van der Waals surface area contributed by atoms with Gasteiger partial charge in [-0.1, -0.05) is 20.8 Å². The van der Waals surface area contributed by atoms with E-state index in [1.807, 2.05) is 0 Å². The van der Waals surface area contributed by atoms with E-state index in [2.05, 4.69) is 20.8 Å². The van der Waals surface area contributed by atoms with Crippen molar-refractivity contribution in [1.82, 2.24) is 0 Å². The molecule has 0 spiro atoms. The molecule has 1 aliphatic rings. The van der Waals surface area contributed by atoms with E-state index in [1.165, 1.54) is 18.6 Å². The molecule has 0 amide bonds. The van der Waals surface area contributed by atoms with Crippen LogP contribution >= 0.6 is 0 Å². The second kappa shape index (κ2) is 5.35. The van der Waals surface area contributed by atoms with Crippen LogP contribution in [0.3, 0.4) is 0 Å². The van der Waals surface area contributed by atoms with Crippen molar-refractivity contribution in [1.29, 1.82) is 0 Å². The largest absolute Gasteiger partial charge is 0.488 e. The van der Waals surface area contributed by atoms with Crippen LogP contribution in [0.4, 0.5) is 5.69 Å². The molecule has 1 fully saturated rings. The highest BCUT2D eigenvalue weighted by atomic mass is 16.5. The van der Waals surface area contributed by atoms with E-state index >= 15 is 0 Å². The quantitative estimate of drug-likeness (QED) is 0.828. The second-order valence-electron chi connectivity index (χ2n) is 6.71. The molecule has 110 valence electrons. The highest BCUT2D eigenvalue weighted by Gasteiger charge is 2.33. The first-order chi connectivity index (χ1) is 9.27. The van der Waals surface area contributed by atoms with Gasteiger partial charge in [0.05, 0.1) is 17.4 Å². The highest BCUT2D eigenvalue weighted by Crippen LogP contribution is 2.40. The van der Waals surface area contributed by atoms with Crippen molar-refractivity contribution < 1.29 is 14.6 Å². The number of anilines is 1. The number of rotatable bonds is 3. The van der Waals surface area contributed by atoms with Crippen molar-refractivity contribution in [3.8, 4) is 5.75 Å². The summed E-state index contributed by atoms with van der Waals surface area (Å²) in [6.07, 6.45) is 3.24. The van der Waals surface area contributed by atoms with Crippen LogP contribution in [0.5, 0.6) is 5.75 Å². The Balaban J connectivity index is 2.17. The topological polar surface area (TPSA) is 72.5 Å². The van der Waals surface area contributed by atoms with Crippen LogP contribution in [0.2, 0.25) is 0 Å². The molecule has 0 bridgehead atoms. The van der Waals surface area contributed by atoms with Crippen LogP contribution in [-0.2, 0) is 0 Å². The van der Waals surface area contributed by atoms with E-state index in [-0.39, 0.29) is 17.1 Å². The first kappa shape index (κ1) is 14.7. The van der Waals surface area contributed by atoms with Crippen LogP contribution in [0.15, 0.2) is 18.2 Å². The van der Waals surface area contributed by atoms with Gasteiger partial charge in [0.2, 0.25) is 0 Å². The molecule has 0 radical (unpaired) electrons. The molecule has 20 heavy (non-hydrogen) atoms. The Morgan fingerprint density at radius 1 is 1.40 bits per heavy atom. The minimum atomic E-state index is -0.966. The van der Waals surface area contributed by atoms with Gasteiger partial charge in [-0.2, -0.15) is 0 Å². The van der Waals surface area contributed by atoms with Gasteiger partial charge in [-0.15, -0.1) is 0 Å². The van der Waals surface area contributed by atoms with Gasteiger partial charge in [0.15, 0.2) is 0 Å². The van der Waals surface area contributed by atoms with Crippen LogP contribution in [0.1, 0.15) is 50.4 Å². The molecule has 3 N–H and O–H groups in total. The molecule has 2 rings (SSSR count). The molecule has 1 aliphatic carbocycles. The van der Waals surface area contributed by atoms with Gasteiger partial charge in [-0.25, -0.2) is 4.79 Å². The lowest BCUT2D eigenvalue weighted by molar-refractivity contribution is 0.0562. The fourth-order valence-electron chi connectivity index (χ4n) is 3.30. The Bertz CT molecular complexity index is 510. The Hall–Kier alpha value is -1.71. The van der Waals surface area contributed by atoms with Crippen LogP contribution < -0.4 is 10.5 Å². The third-order valence-electron chi connectivity index (χ3n) is 3.90. The standard InChI is InChI=1S/C16H23NO3/c1-10-6-12(9-16(2,3)8-10)20-14-7-11(15(18)19)4-5-13(14)17/h4-5,7,10,12H,6,8-9,17H2,1-3H3,(H,18,19). The van der Waals surface area contributed by atoms with Crippen molar-refractivity contribution in [2.75, 3.05) is 5.73 Å². The number of nitrogen functional groups attached to an aromatic ring is 1. The van der Waals surface area contributed by atoms with Gasteiger partial charge in [0.25, 0.3) is 0 Å². The maximum Gasteiger partial charge on any atom is 0.335 e. The van der Waals surface area contributed by atoms with E-state index in [0.29, 0.717) is 17.4 Å². The van der Waals surface area contributed by atoms with Gasteiger partial charge >= 0.3 is 5.97 Å². The van der Waals surface area contributed by atoms with Gasteiger partial charge in [0.1, 0.15) is 5.75 Å². The Labute approximate surface area is 119 Å². The average molecular weight is 277 g/mol. The Morgan fingerprint density at radius 3 is 2.70 bits per heavy atom. The number of benzene rings is 1. The third-order valence-corrected chi connectivity index (χ3v) is 3.90. The van der Waals surface area contributed by atoms with E-state index in [1.54, 1.807) is 6.07 Å². The predicted octanol–water partition coefficient (Wildman–Crippen LogP) is 3.56. The molecule has 4 nitrogen and oxygen atoms in total. The molecule has 0 heterocycles. The number of hydrogen-bond acceptors (Lipinski definition) is 3. The van der Waals surface area contributed by atoms with Crippen molar-refractivity contribution in [2.45, 2.75) is 46.1 Å². The maximum atomic E-state index is 11.0. The van der Waals surface area contributed by atoms with Crippen molar-refractivity contribution >= 4 is 11.7 Å². The smallest absolute Gasteiger partial charge is 0.335 e. The summed E-state index contributed by atoms with van der Waals surface area (Å²) in [7, 11) is 0. The summed E-state index contributed by atoms with van der Waals surface area (Å²) in [5.41, 5.74) is 6.84. The van der Waals surface area contributed by atoms with Gasteiger partial charge in [-0.05, 0) is 48.8 Å². The molecule has 0 saturated heterocycles. The van der Waals surface area contributed by atoms with Crippen molar-refractivity contribution in [3.63, 3.8) is 0 Å². The normalized spacial score (nSPS) is 25.1. The van der Waals surface area contributed by atoms with E-state index in [9.17, 15) is 4.79 Å². The number of carboxylic acid groups (broad SMARTS) is 1. The number of ether oxygens (including phenoxy) is 1. The summed E-state index contributed by atoms with van der Waals surface area (Å²) in [4.78, 5) is 11.0. The number of hydrogen-bond donors (Lipinski definition) is 2. The maximum absolute atomic E-state index is 11.0. The lowest BCUT2D eigenvalue weighted by Crippen LogP contribution is -2.34. The highest BCUT2D eigenvalue weighted by molar-refractivity contribution is 5.89. The van der Waals surface area contributed by atoms with Crippen LogP contribution in [0.25, 0.3) is 0 Å². The molecular weight excluding hydrogens is 254 g/mol. The number of aromatic carboxylic acids is 1. The summed E-state index contributed by atoms with van der Waals surface area (Å²) in [5.74, 6) is 0.125. The summed E-state index contributed by atoms with van der Waals surface area (Å²) in [5, 5.41) is 9.03. The first-order valence-corrected chi connectivity index (χ1v) is 7.06. The van der Waals surface area contributed by atoms with E-state index in [4.69, 9.17) is 15.6 Å². The minimum Gasteiger partial charge on any atom is -0.488 e. The fraction of sp³-hybridized carbons (Fsp3) is 0.562. The van der Waals surface area contributed by atoms with Crippen molar-refractivity contribution in [3.05, 3.63) is 23.8 Å². The minimum absolute atomic E-state index is 0.0973. The molecule has 1 aromatic carbocycles. The number of nitrogens with two attached hydrogens (primary N) is 1. The molecule has 0 aromatic heterocycles. The summed E-state index contributed by atoms with van der Waals surface area (Å²) < 4.78 is 5.99. The Morgan fingerprint density at radius 2 is 2.10 bits per heavy atom. The summed E-state index contributed by atoms with van der Waals surface area (Å²) >= 11 is 0. The molecule has 1 saturated carbocycles. The van der Waals surface area contributed by atoms with Gasteiger partial charge in [-0.3, -0.25) is 0 Å². The van der Waals surface area contributed by atoms with Crippen LogP contribution in [-0.4, -0.2) is 17.2 Å². The van der Waals surface area contributed by atoms with Crippen LogP contribution in [0, 0.1) is 11.3 Å². The van der Waals surface area contributed by atoms with Gasteiger partial charge in [0, 0.05) is 0 Å².